The number of amides is 1. The number of hydrogen-bond acceptors (Lipinski definition) is 4. The van der Waals surface area contributed by atoms with E-state index in [1.165, 1.54) is 0 Å². The van der Waals surface area contributed by atoms with Gasteiger partial charge in [-0.15, -0.1) is 0 Å². The van der Waals surface area contributed by atoms with Gasteiger partial charge in [-0.1, -0.05) is 19.1 Å². The molecule has 19 heavy (non-hydrogen) atoms. The maximum absolute atomic E-state index is 11.4. The zero-order valence-corrected chi connectivity index (χ0v) is 11.2. The van der Waals surface area contributed by atoms with Gasteiger partial charge in [-0.2, -0.15) is 0 Å². The number of ether oxygens (including phenoxy) is 2. The summed E-state index contributed by atoms with van der Waals surface area (Å²) in [6.45, 7) is 4.40. The molecule has 0 unspecified atom stereocenters. The van der Waals surface area contributed by atoms with Crippen molar-refractivity contribution < 1.29 is 14.3 Å². The van der Waals surface area contributed by atoms with E-state index in [1.54, 1.807) is 0 Å². The Bertz CT molecular complexity index is 435. The summed E-state index contributed by atoms with van der Waals surface area (Å²) in [5.74, 6) is 1.69. The van der Waals surface area contributed by atoms with E-state index in [-0.39, 0.29) is 12.7 Å². The van der Waals surface area contributed by atoms with Crippen molar-refractivity contribution >= 4 is 5.91 Å². The topological polar surface area (TPSA) is 59.6 Å². The van der Waals surface area contributed by atoms with Gasteiger partial charge in [0, 0.05) is 31.6 Å². The molecule has 0 radical (unpaired) electrons. The zero-order chi connectivity index (χ0) is 13.5. The SMILES string of the molecule is CCCNC(=O)CCNCc1cccc2c1OCO2. The molecule has 2 rings (SSSR count). The molecule has 0 saturated heterocycles. The molecule has 0 aliphatic carbocycles. The Balaban J connectivity index is 1.72. The van der Waals surface area contributed by atoms with Crippen molar-refractivity contribution in [2.75, 3.05) is 19.9 Å². The van der Waals surface area contributed by atoms with E-state index in [9.17, 15) is 4.79 Å². The number of rotatable bonds is 7. The molecule has 0 atom stereocenters. The second-order valence-corrected chi connectivity index (χ2v) is 4.43. The van der Waals surface area contributed by atoms with Gasteiger partial charge in [0.15, 0.2) is 11.5 Å². The highest BCUT2D eigenvalue weighted by molar-refractivity contribution is 5.75. The summed E-state index contributed by atoms with van der Waals surface area (Å²) < 4.78 is 10.7. The van der Waals surface area contributed by atoms with E-state index >= 15 is 0 Å². The van der Waals surface area contributed by atoms with Crippen molar-refractivity contribution in [1.29, 1.82) is 0 Å². The van der Waals surface area contributed by atoms with Gasteiger partial charge < -0.3 is 20.1 Å². The lowest BCUT2D eigenvalue weighted by Gasteiger charge is -2.08. The highest BCUT2D eigenvalue weighted by atomic mass is 16.7. The zero-order valence-electron chi connectivity index (χ0n) is 11.2. The largest absolute Gasteiger partial charge is 0.454 e. The molecule has 1 aromatic carbocycles. The van der Waals surface area contributed by atoms with E-state index in [2.05, 4.69) is 10.6 Å². The van der Waals surface area contributed by atoms with Gasteiger partial charge in [-0.05, 0) is 12.5 Å². The van der Waals surface area contributed by atoms with Crippen LogP contribution in [-0.4, -0.2) is 25.8 Å². The molecule has 1 amide bonds. The molecule has 5 nitrogen and oxygen atoms in total. The molecule has 1 aromatic rings. The number of carbonyl (C=O) groups is 1. The molecule has 0 aromatic heterocycles. The van der Waals surface area contributed by atoms with E-state index in [4.69, 9.17) is 9.47 Å². The summed E-state index contributed by atoms with van der Waals surface area (Å²) in [6, 6.07) is 5.83. The van der Waals surface area contributed by atoms with Crippen LogP contribution in [0.1, 0.15) is 25.3 Å². The van der Waals surface area contributed by atoms with Crippen LogP contribution in [0.2, 0.25) is 0 Å². The van der Waals surface area contributed by atoms with Crippen LogP contribution in [-0.2, 0) is 11.3 Å². The third kappa shape index (κ3) is 3.86. The molecule has 1 heterocycles. The molecular formula is C14H20N2O3. The Kier molecular flexibility index (Phi) is 5.03. The fourth-order valence-corrected chi connectivity index (χ4v) is 1.91. The van der Waals surface area contributed by atoms with E-state index in [1.807, 2.05) is 25.1 Å². The van der Waals surface area contributed by atoms with Gasteiger partial charge in [0.2, 0.25) is 12.7 Å². The quantitative estimate of drug-likeness (QED) is 0.731. The molecule has 0 spiro atoms. The second-order valence-electron chi connectivity index (χ2n) is 4.43. The number of benzene rings is 1. The van der Waals surface area contributed by atoms with Crippen LogP contribution in [0, 0.1) is 0 Å². The minimum absolute atomic E-state index is 0.0900. The van der Waals surface area contributed by atoms with Crippen LogP contribution in [0.5, 0.6) is 11.5 Å². The van der Waals surface area contributed by atoms with Gasteiger partial charge in [-0.25, -0.2) is 0 Å². The van der Waals surface area contributed by atoms with Crippen molar-refractivity contribution in [3.63, 3.8) is 0 Å². The van der Waals surface area contributed by atoms with Crippen LogP contribution in [0.15, 0.2) is 18.2 Å². The fourth-order valence-electron chi connectivity index (χ4n) is 1.91. The van der Waals surface area contributed by atoms with Gasteiger partial charge >= 0.3 is 0 Å². The van der Waals surface area contributed by atoms with Gasteiger partial charge in [0.1, 0.15) is 0 Å². The average molecular weight is 264 g/mol. The summed E-state index contributed by atoms with van der Waals surface area (Å²) in [7, 11) is 0. The minimum atomic E-state index is 0.0900. The average Bonchev–Trinajstić information content (AvgIpc) is 2.90. The van der Waals surface area contributed by atoms with Crippen LogP contribution >= 0.6 is 0 Å². The molecule has 0 bridgehead atoms. The minimum Gasteiger partial charge on any atom is -0.454 e. The molecule has 1 aliphatic rings. The number of carbonyl (C=O) groups excluding carboxylic acids is 1. The lowest BCUT2D eigenvalue weighted by molar-refractivity contribution is -0.120. The number of hydrogen-bond donors (Lipinski definition) is 2. The van der Waals surface area contributed by atoms with Crippen molar-refractivity contribution in [3.05, 3.63) is 23.8 Å². The van der Waals surface area contributed by atoms with Gasteiger partial charge in [0.05, 0.1) is 0 Å². The van der Waals surface area contributed by atoms with Crippen LogP contribution in [0.25, 0.3) is 0 Å². The van der Waals surface area contributed by atoms with Gasteiger partial charge in [0.25, 0.3) is 0 Å². The first-order valence-electron chi connectivity index (χ1n) is 6.66. The van der Waals surface area contributed by atoms with Crippen molar-refractivity contribution in [2.24, 2.45) is 0 Å². The Labute approximate surface area is 113 Å². The fraction of sp³-hybridized carbons (Fsp3) is 0.500. The standard InChI is InChI=1S/C14H20N2O3/c1-2-7-16-13(17)6-8-15-9-11-4-3-5-12-14(11)19-10-18-12/h3-5,15H,2,6-10H2,1H3,(H,16,17). The lowest BCUT2D eigenvalue weighted by atomic mass is 10.2. The summed E-state index contributed by atoms with van der Waals surface area (Å²) in [5, 5.41) is 6.09. The summed E-state index contributed by atoms with van der Waals surface area (Å²) in [4.78, 5) is 11.4. The lowest BCUT2D eigenvalue weighted by Crippen LogP contribution is -2.28. The van der Waals surface area contributed by atoms with Crippen LogP contribution in [0.3, 0.4) is 0 Å². The Morgan fingerprint density at radius 1 is 1.32 bits per heavy atom. The van der Waals surface area contributed by atoms with Crippen LogP contribution in [0.4, 0.5) is 0 Å². The highest BCUT2D eigenvalue weighted by Crippen LogP contribution is 2.35. The predicted molar refractivity (Wildman–Crippen MR) is 72.2 cm³/mol. The third-order valence-electron chi connectivity index (χ3n) is 2.89. The number of nitrogens with one attached hydrogen (secondary N) is 2. The summed E-state index contributed by atoms with van der Waals surface area (Å²) in [5.41, 5.74) is 1.06. The Hall–Kier alpha value is -1.75. The predicted octanol–water partition coefficient (Wildman–Crippen LogP) is 1.42. The first-order chi connectivity index (χ1) is 9.31. The van der Waals surface area contributed by atoms with Crippen molar-refractivity contribution in [1.82, 2.24) is 10.6 Å². The summed E-state index contributed by atoms with van der Waals surface area (Å²) in [6.07, 6.45) is 1.46. The van der Waals surface area contributed by atoms with Crippen LogP contribution < -0.4 is 20.1 Å². The van der Waals surface area contributed by atoms with E-state index in [0.717, 1.165) is 30.0 Å². The Morgan fingerprint density at radius 2 is 2.21 bits per heavy atom. The van der Waals surface area contributed by atoms with Crippen molar-refractivity contribution in [2.45, 2.75) is 26.3 Å². The number of para-hydroxylation sites is 1. The Morgan fingerprint density at radius 3 is 3.05 bits per heavy atom. The molecule has 104 valence electrons. The third-order valence-corrected chi connectivity index (χ3v) is 2.89. The van der Waals surface area contributed by atoms with Crippen molar-refractivity contribution in [3.8, 4) is 11.5 Å². The number of fused-ring (bicyclic) bond motifs is 1. The van der Waals surface area contributed by atoms with Gasteiger partial charge in [-0.3, -0.25) is 4.79 Å². The molecular weight excluding hydrogens is 244 g/mol. The maximum Gasteiger partial charge on any atom is 0.231 e. The molecule has 0 saturated carbocycles. The molecule has 0 fully saturated rings. The molecule has 5 heteroatoms. The van der Waals surface area contributed by atoms with E-state index < -0.39 is 0 Å². The highest BCUT2D eigenvalue weighted by Gasteiger charge is 2.16. The monoisotopic (exact) mass is 264 g/mol. The smallest absolute Gasteiger partial charge is 0.231 e. The molecule has 1 aliphatic heterocycles. The maximum atomic E-state index is 11.4. The summed E-state index contributed by atoms with van der Waals surface area (Å²) >= 11 is 0. The van der Waals surface area contributed by atoms with E-state index in [0.29, 0.717) is 19.5 Å². The molecule has 2 N–H and O–H groups in total. The normalized spacial score (nSPS) is 12.5. The second kappa shape index (κ2) is 6.99. The first kappa shape index (κ1) is 13.7. The first-order valence-corrected chi connectivity index (χ1v) is 6.66.